The zero-order valence-corrected chi connectivity index (χ0v) is 11.2. The van der Waals surface area contributed by atoms with E-state index in [2.05, 4.69) is 35.1 Å². The molecule has 0 saturated heterocycles. The summed E-state index contributed by atoms with van der Waals surface area (Å²) in [5, 5.41) is 3.27. The summed E-state index contributed by atoms with van der Waals surface area (Å²) in [7, 11) is 0. The molecule has 0 spiro atoms. The van der Waals surface area contributed by atoms with Crippen LogP contribution in [0.25, 0.3) is 0 Å². The van der Waals surface area contributed by atoms with Gasteiger partial charge in [-0.25, -0.2) is 4.39 Å². The molecule has 90 valence electrons. The van der Waals surface area contributed by atoms with Gasteiger partial charge in [0.1, 0.15) is 5.82 Å². The zero-order valence-electron chi connectivity index (χ0n) is 9.63. The summed E-state index contributed by atoms with van der Waals surface area (Å²) in [4.78, 5) is 0. The molecule has 0 aromatic heterocycles. The molecule has 0 amide bonds. The summed E-state index contributed by atoms with van der Waals surface area (Å²) in [5.41, 5.74) is 6.59. The van der Waals surface area contributed by atoms with Crippen molar-refractivity contribution >= 4 is 21.6 Å². The van der Waals surface area contributed by atoms with Crippen LogP contribution in [0.4, 0.5) is 10.1 Å². The van der Waals surface area contributed by atoms with Crippen LogP contribution in [0.1, 0.15) is 13.8 Å². The van der Waals surface area contributed by atoms with E-state index >= 15 is 0 Å². The number of halogens is 2. The minimum atomic E-state index is -0.246. The number of nitrogens with one attached hydrogen (secondary N) is 1. The van der Waals surface area contributed by atoms with Crippen molar-refractivity contribution in [3.63, 3.8) is 0 Å². The van der Waals surface area contributed by atoms with E-state index in [1.54, 1.807) is 12.1 Å². The van der Waals surface area contributed by atoms with Gasteiger partial charge in [-0.05, 0) is 52.5 Å². The fourth-order valence-electron chi connectivity index (χ4n) is 1.45. The van der Waals surface area contributed by atoms with Crippen molar-refractivity contribution in [2.45, 2.75) is 13.8 Å². The third-order valence-electron chi connectivity index (χ3n) is 2.73. The van der Waals surface area contributed by atoms with Gasteiger partial charge in [-0.1, -0.05) is 13.8 Å². The highest BCUT2D eigenvalue weighted by atomic mass is 79.9. The van der Waals surface area contributed by atoms with Gasteiger partial charge in [0.05, 0.1) is 4.47 Å². The predicted molar refractivity (Wildman–Crippen MR) is 70.0 cm³/mol. The van der Waals surface area contributed by atoms with Crippen molar-refractivity contribution in [1.82, 2.24) is 0 Å². The van der Waals surface area contributed by atoms with Gasteiger partial charge in [-0.15, -0.1) is 0 Å². The lowest BCUT2D eigenvalue weighted by Gasteiger charge is -2.20. The Morgan fingerprint density at radius 2 is 2.12 bits per heavy atom. The lowest BCUT2D eigenvalue weighted by molar-refractivity contribution is 0.413. The largest absolute Gasteiger partial charge is 0.385 e. The fourth-order valence-corrected chi connectivity index (χ4v) is 1.83. The van der Waals surface area contributed by atoms with E-state index in [4.69, 9.17) is 5.73 Å². The molecule has 0 radical (unpaired) electrons. The van der Waals surface area contributed by atoms with Crippen molar-refractivity contribution in [3.05, 3.63) is 28.5 Å². The van der Waals surface area contributed by atoms with Crippen molar-refractivity contribution in [3.8, 4) is 0 Å². The molecule has 1 atom stereocenters. The van der Waals surface area contributed by atoms with Gasteiger partial charge in [-0.2, -0.15) is 0 Å². The molecule has 0 heterocycles. The van der Waals surface area contributed by atoms with Crippen LogP contribution in [0.3, 0.4) is 0 Å². The first kappa shape index (κ1) is 13.5. The van der Waals surface area contributed by atoms with Gasteiger partial charge in [-0.3, -0.25) is 0 Å². The Kier molecular flexibility index (Phi) is 5.22. The smallest absolute Gasteiger partial charge is 0.137 e. The minimum absolute atomic E-state index is 0.246. The number of hydrogen-bond donors (Lipinski definition) is 2. The maximum absolute atomic E-state index is 13.0. The van der Waals surface area contributed by atoms with Crippen LogP contribution < -0.4 is 11.1 Å². The normalized spacial score (nSPS) is 12.9. The third kappa shape index (κ3) is 3.76. The average Bonchev–Trinajstić information content (AvgIpc) is 2.23. The molecule has 0 bridgehead atoms. The van der Waals surface area contributed by atoms with Crippen molar-refractivity contribution in [2.24, 2.45) is 17.6 Å². The van der Waals surface area contributed by atoms with E-state index in [1.165, 1.54) is 6.07 Å². The maximum Gasteiger partial charge on any atom is 0.137 e. The van der Waals surface area contributed by atoms with Gasteiger partial charge >= 0.3 is 0 Å². The Hall–Kier alpha value is -0.610. The lowest BCUT2D eigenvalue weighted by atomic mass is 9.96. The molecule has 0 aliphatic carbocycles. The van der Waals surface area contributed by atoms with Crippen molar-refractivity contribution in [1.29, 1.82) is 0 Å². The molecule has 0 aliphatic rings. The van der Waals surface area contributed by atoms with Crippen LogP contribution in [0.2, 0.25) is 0 Å². The molecule has 1 rings (SSSR count). The number of benzene rings is 1. The van der Waals surface area contributed by atoms with Crippen LogP contribution in [0, 0.1) is 17.7 Å². The van der Waals surface area contributed by atoms with Gasteiger partial charge in [0, 0.05) is 12.2 Å². The molecule has 0 aliphatic heterocycles. The Balaban J connectivity index is 2.57. The predicted octanol–water partition coefficient (Wildman–Crippen LogP) is 3.23. The summed E-state index contributed by atoms with van der Waals surface area (Å²) in [6.45, 7) is 5.78. The third-order valence-corrected chi connectivity index (χ3v) is 3.34. The van der Waals surface area contributed by atoms with E-state index in [0.717, 1.165) is 12.2 Å². The molecule has 16 heavy (non-hydrogen) atoms. The van der Waals surface area contributed by atoms with Crippen molar-refractivity contribution < 1.29 is 4.39 Å². The monoisotopic (exact) mass is 288 g/mol. The summed E-state index contributed by atoms with van der Waals surface area (Å²) in [5.74, 6) is 0.731. The molecule has 1 unspecified atom stereocenters. The van der Waals surface area contributed by atoms with Gasteiger partial charge in [0.2, 0.25) is 0 Å². The summed E-state index contributed by atoms with van der Waals surface area (Å²) in [6.07, 6.45) is 0. The second kappa shape index (κ2) is 6.21. The number of hydrogen-bond acceptors (Lipinski definition) is 2. The molecule has 1 aromatic carbocycles. The van der Waals surface area contributed by atoms with Crippen LogP contribution in [0.15, 0.2) is 22.7 Å². The highest BCUT2D eigenvalue weighted by Crippen LogP contribution is 2.20. The second-order valence-corrected chi connectivity index (χ2v) is 5.10. The van der Waals surface area contributed by atoms with E-state index in [1.807, 2.05) is 0 Å². The standard InChI is InChI=1S/C12H18BrFN2/c1-8(2)9(6-15)7-16-10-3-4-12(14)11(13)5-10/h3-5,8-9,16H,6-7,15H2,1-2H3. The Labute approximate surface area is 105 Å². The summed E-state index contributed by atoms with van der Waals surface area (Å²) in [6, 6.07) is 4.91. The first-order valence-electron chi connectivity index (χ1n) is 5.43. The summed E-state index contributed by atoms with van der Waals surface area (Å²) < 4.78 is 13.5. The molecule has 3 N–H and O–H groups in total. The molecular formula is C12H18BrFN2. The first-order valence-corrected chi connectivity index (χ1v) is 6.23. The fraction of sp³-hybridized carbons (Fsp3) is 0.500. The topological polar surface area (TPSA) is 38.0 Å². The molecule has 0 saturated carbocycles. The first-order chi connectivity index (χ1) is 7.54. The van der Waals surface area contributed by atoms with Crippen LogP contribution in [-0.2, 0) is 0 Å². The van der Waals surface area contributed by atoms with E-state index in [-0.39, 0.29) is 5.82 Å². The molecule has 1 aromatic rings. The minimum Gasteiger partial charge on any atom is -0.385 e. The van der Waals surface area contributed by atoms with Crippen LogP contribution in [0.5, 0.6) is 0 Å². The molecule has 4 heteroatoms. The maximum atomic E-state index is 13.0. The number of nitrogens with two attached hydrogens (primary N) is 1. The average molecular weight is 289 g/mol. The van der Waals surface area contributed by atoms with Gasteiger partial charge < -0.3 is 11.1 Å². The molecule has 2 nitrogen and oxygen atoms in total. The molecular weight excluding hydrogens is 271 g/mol. The van der Waals surface area contributed by atoms with E-state index in [9.17, 15) is 4.39 Å². The highest BCUT2D eigenvalue weighted by molar-refractivity contribution is 9.10. The van der Waals surface area contributed by atoms with Crippen molar-refractivity contribution in [2.75, 3.05) is 18.4 Å². The van der Waals surface area contributed by atoms with E-state index in [0.29, 0.717) is 22.9 Å². The van der Waals surface area contributed by atoms with Crippen LogP contribution >= 0.6 is 15.9 Å². The number of rotatable bonds is 5. The van der Waals surface area contributed by atoms with Crippen LogP contribution in [-0.4, -0.2) is 13.1 Å². The quantitative estimate of drug-likeness (QED) is 0.873. The second-order valence-electron chi connectivity index (χ2n) is 4.25. The Morgan fingerprint density at radius 3 is 2.62 bits per heavy atom. The Bertz CT molecular complexity index is 342. The summed E-state index contributed by atoms with van der Waals surface area (Å²) >= 11 is 3.16. The van der Waals surface area contributed by atoms with Gasteiger partial charge in [0.25, 0.3) is 0 Å². The van der Waals surface area contributed by atoms with Gasteiger partial charge in [0.15, 0.2) is 0 Å². The lowest BCUT2D eigenvalue weighted by Crippen LogP contribution is -2.27. The molecule has 0 fully saturated rings. The van der Waals surface area contributed by atoms with E-state index < -0.39 is 0 Å². The highest BCUT2D eigenvalue weighted by Gasteiger charge is 2.11. The number of anilines is 1. The Morgan fingerprint density at radius 1 is 1.44 bits per heavy atom. The zero-order chi connectivity index (χ0) is 12.1. The SMILES string of the molecule is CC(C)C(CN)CNc1ccc(F)c(Br)c1.